The van der Waals surface area contributed by atoms with Gasteiger partial charge in [0, 0.05) is 25.0 Å². The zero-order valence-electron chi connectivity index (χ0n) is 13.6. The molecule has 0 bridgehead atoms. The van der Waals surface area contributed by atoms with Gasteiger partial charge < -0.3 is 10.6 Å². The van der Waals surface area contributed by atoms with Crippen LogP contribution in [-0.4, -0.2) is 22.9 Å². The highest BCUT2D eigenvalue weighted by atomic mass is 19.4. The maximum absolute atomic E-state index is 12.6. The lowest BCUT2D eigenvalue weighted by molar-refractivity contribution is -0.137. The van der Waals surface area contributed by atoms with Crippen LogP contribution in [0.15, 0.2) is 24.3 Å². The van der Waals surface area contributed by atoms with Crippen LogP contribution in [-0.2, 0) is 17.5 Å². The molecule has 0 spiro atoms. The van der Waals surface area contributed by atoms with Crippen molar-refractivity contribution in [3.8, 4) is 0 Å². The van der Waals surface area contributed by atoms with Crippen LogP contribution < -0.4 is 5.73 Å². The van der Waals surface area contributed by atoms with E-state index in [2.05, 4.69) is 0 Å². The van der Waals surface area contributed by atoms with Crippen LogP contribution in [0.25, 0.3) is 0 Å². The average Bonchev–Trinajstić information content (AvgIpc) is 3.28. The lowest BCUT2D eigenvalue weighted by atomic mass is 9.99. The smallest absolute Gasteiger partial charge is 0.335 e. The third-order valence-corrected chi connectivity index (χ3v) is 5.10. The molecule has 0 radical (unpaired) electrons. The number of nitrogens with two attached hydrogens (primary N) is 1. The summed E-state index contributed by atoms with van der Waals surface area (Å²) in [5, 5.41) is 0. The van der Waals surface area contributed by atoms with E-state index in [1.54, 1.807) is 0 Å². The maximum Gasteiger partial charge on any atom is 0.416 e. The standard InChI is InChI=1S/C18H23F3N2O/c19-18(20,21)14-6-4-12(5-7-14)11-23(15-8-9-15)17(24)10-13-2-1-3-16(13)22/h4-7,13,15-16H,1-3,8-11,22H2/t13-,16+/m0/s1. The number of alkyl halides is 3. The van der Waals surface area contributed by atoms with E-state index < -0.39 is 11.7 Å². The Labute approximate surface area is 140 Å². The van der Waals surface area contributed by atoms with Gasteiger partial charge in [-0.1, -0.05) is 18.6 Å². The van der Waals surface area contributed by atoms with Crippen LogP contribution >= 0.6 is 0 Å². The van der Waals surface area contributed by atoms with Crippen molar-refractivity contribution in [3.05, 3.63) is 35.4 Å². The number of rotatable bonds is 5. The van der Waals surface area contributed by atoms with Gasteiger partial charge in [-0.3, -0.25) is 4.79 Å². The molecule has 2 aliphatic rings. The van der Waals surface area contributed by atoms with Gasteiger partial charge in [0.15, 0.2) is 0 Å². The van der Waals surface area contributed by atoms with Gasteiger partial charge in [0.1, 0.15) is 0 Å². The Bertz CT molecular complexity index is 581. The fourth-order valence-electron chi connectivity index (χ4n) is 3.46. The Hall–Kier alpha value is -1.56. The molecule has 2 aliphatic carbocycles. The van der Waals surface area contributed by atoms with Crippen molar-refractivity contribution in [2.45, 2.75) is 63.3 Å². The first-order valence-corrected chi connectivity index (χ1v) is 8.56. The first-order chi connectivity index (χ1) is 11.3. The van der Waals surface area contributed by atoms with Gasteiger partial charge in [-0.2, -0.15) is 13.2 Å². The Kier molecular flexibility index (Phi) is 4.85. The van der Waals surface area contributed by atoms with Gasteiger partial charge in [0.25, 0.3) is 0 Å². The van der Waals surface area contributed by atoms with Crippen molar-refractivity contribution in [1.29, 1.82) is 0 Å². The molecular weight excluding hydrogens is 317 g/mol. The molecule has 1 aromatic rings. The van der Waals surface area contributed by atoms with Crippen molar-refractivity contribution >= 4 is 5.91 Å². The van der Waals surface area contributed by atoms with Crippen LogP contribution in [0.1, 0.15) is 49.7 Å². The molecule has 0 saturated heterocycles. The van der Waals surface area contributed by atoms with Gasteiger partial charge in [-0.15, -0.1) is 0 Å². The number of amides is 1. The van der Waals surface area contributed by atoms with E-state index in [9.17, 15) is 18.0 Å². The van der Waals surface area contributed by atoms with Gasteiger partial charge in [0.2, 0.25) is 5.91 Å². The van der Waals surface area contributed by atoms with Crippen molar-refractivity contribution in [2.75, 3.05) is 0 Å². The SMILES string of the molecule is N[C@@H]1CCC[C@H]1CC(=O)N(Cc1ccc(C(F)(F)F)cc1)C1CC1. The normalized spacial score (nSPS) is 24.2. The highest BCUT2D eigenvalue weighted by Crippen LogP contribution is 2.33. The Morgan fingerprint density at radius 3 is 2.29 bits per heavy atom. The minimum atomic E-state index is -4.33. The fourth-order valence-corrected chi connectivity index (χ4v) is 3.46. The van der Waals surface area contributed by atoms with Gasteiger partial charge in [-0.25, -0.2) is 0 Å². The molecule has 1 amide bonds. The van der Waals surface area contributed by atoms with Crippen molar-refractivity contribution in [2.24, 2.45) is 11.7 Å². The summed E-state index contributed by atoms with van der Waals surface area (Å²) in [6.07, 6.45) is 1.11. The second kappa shape index (κ2) is 6.75. The summed E-state index contributed by atoms with van der Waals surface area (Å²) in [6.45, 7) is 0.379. The largest absolute Gasteiger partial charge is 0.416 e. The predicted octanol–water partition coefficient (Wildman–Crippen LogP) is 3.71. The Morgan fingerprint density at radius 2 is 1.79 bits per heavy atom. The van der Waals surface area contributed by atoms with Gasteiger partial charge >= 0.3 is 6.18 Å². The highest BCUT2D eigenvalue weighted by Gasteiger charge is 2.35. The topological polar surface area (TPSA) is 46.3 Å². The molecule has 2 atom stereocenters. The quantitative estimate of drug-likeness (QED) is 0.888. The molecule has 3 nitrogen and oxygen atoms in total. The first-order valence-electron chi connectivity index (χ1n) is 8.56. The van der Waals surface area contributed by atoms with Crippen LogP contribution in [0.5, 0.6) is 0 Å². The van der Waals surface area contributed by atoms with Crippen LogP contribution in [0.2, 0.25) is 0 Å². The second-order valence-electron chi connectivity index (χ2n) is 7.01. The fraction of sp³-hybridized carbons (Fsp3) is 0.611. The average molecular weight is 340 g/mol. The minimum absolute atomic E-state index is 0.0831. The van der Waals surface area contributed by atoms with E-state index in [-0.39, 0.29) is 23.9 Å². The van der Waals surface area contributed by atoms with E-state index in [1.807, 2.05) is 4.90 Å². The van der Waals surface area contributed by atoms with E-state index in [0.717, 1.165) is 49.8 Å². The lowest BCUT2D eigenvalue weighted by Gasteiger charge is -2.25. The summed E-state index contributed by atoms with van der Waals surface area (Å²) in [6, 6.07) is 5.42. The summed E-state index contributed by atoms with van der Waals surface area (Å²) in [5.41, 5.74) is 6.13. The third kappa shape index (κ3) is 4.09. The number of benzene rings is 1. The summed E-state index contributed by atoms with van der Waals surface area (Å²) < 4.78 is 37.9. The van der Waals surface area contributed by atoms with E-state index in [1.165, 1.54) is 12.1 Å². The summed E-state index contributed by atoms with van der Waals surface area (Å²) >= 11 is 0. The molecule has 24 heavy (non-hydrogen) atoms. The second-order valence-corrected chi connectivity index (χ2v) is 7.01. The molecule has 0 unspecified atom stereocenters. The predicted molar refractivity (Wildman–Crippen MR) is 84.9 cm³/mol. The van der Waals surface area contributed by atoms with E-state index in [0.29, 0.717) is 13.0 Å². The molecule has 2 saturated carbocycles. The van der Waals surface area contributed by atoms with Crippen molar-refractivity contribution in [1.82, 2.24) is 4.90 Å². The number of carbonyl (C=O) groups excluding carboxylic acids is 1. The number of hydrogen-bond donors (Lipinski definition) is 1. The Balaban J connectivity index is 1.64. The molecule has 0 heterocycles. The minimum Gasteiger partial charge on any atom is -0.335 e. The summed E-state index contributed by atoms with van der Waals surface area (Å²) in [4.78, 5) is 14.5. The molecular formula is C18H23F3N2O. The Morgan fingerprint density at radius 1 is 1.12 bits per heavy atom. The molecule has 2 N–H and O–H groups in total. The van der Waals surface area contributed by atoms with Gasteiger partial charge in [0.05, 0.1) is 5.56 Å². The van der Waals surface area contributed by atoms with E-state index in [4.69, 9.17) is 5.73 Å². The number of halogens is 3. The molecule has 0 aromatic heterocycles. The number of nitrogens with zero attached hydrogens (tertiary/aromatic N) is 1. The van der Waals surface area contributed by atoms with Crippen LogP contribution in [0, 0.1) is 5.92 Å². The lowest BCUT2D eigenvalue weighted by Crippen LogP contribution is -2.36. The maximum atomic E-state index is 12.6. The van der Waals surface area contributed by atoms with Crippen LogP contribution in [0.3, 0.4) is 0 Å². The van der Waals surface area contributed by atoms with Crippen LogP contribution in [0.4, 0.5) is 13.2 Å². The van der Waals surface area contributed by atoms with Crippen molar-refractivity contribution < 1.29 is 18.0 Å². The zero-order chi connectivity index (χ0) is 17.3. The number of carbonyl (C=O) groups is 1. The molecule has 6 heteroatoms. The number of hydrogen-bond acceptors (Lipinski definition) is 2. The monoisotopic (exact) mass is 340 g/mol. The van der Waals surface area contributed by atoms with Gasteiger partial charge in [-0.05, 0) is 49.3 Å². The highest BCUT2D eigenvalue weighted by molar-refractivity contribution is 5.77. The third-order valence-electron chi connectivity index (χ3n) is 5.10. The molecule has 132 valence electrons. The summed E-state index contributed by atoms with van der Waals surface area (Å²) in [7, 11) is 0. The summed E-state index contributed by atoms with van der Waals surface area (Å²) in [5.74, 6) is 0.325. The van der Waals surface area contributed by atoms with E-state index >= 15 is 0 Å². The van der Waals surface area contributed by atoms with Crippen molar-refractivity contribution in [3.63, 3.8) is 0 Å². The molecule has 2 fully saturated rings. The first kappa shape index (κ1) is 17.3. The molecule has 3 rings (SSSR count). The molecule has 1 aromatic carbocycles. The molecule has 0 aliphatic heterocycles. The zero-order valence-corrected chi connectivity index (χ0v) is 13.6.